The van der Waals surface area contributed by atoms with Gasteiger partial charge in [-0.2, -0.15) is 0 Å². The Hall–Kier alpha value is 0.210. The maximum absolute atomic E-state index is 8.94. The molecular weight excluding hydrogens is 140 g/mol. The Kier molecular flexibility index (Phi) is 5.15. The van der Waals surface area contributed by atoms with Crippen molar-refractivity contribution in [2.75, 3.05) is 5.88 Å². The highest BCUT2D eigenvalue weighted by atomic mass is 35.5. The van der Waals surface area contributed by atoms with Gasteiger partial charge in [-0.3, -0.25) is 0 Å². The summed E-state index contributed by atoms with van der Waals surface area (Å²) in [5.74, 6) is 0.205. The van der Waals surface area contributed by atoms with E-state index < -0.39 is 12.2 Å². The summed E-state index contributed by atoms with van der Waals surface area (Å²) < 4.78 is 0. The highest BCUT2D eigenvalue weighted by Crippen LogP contribution is 2.02. The molecule has 0 aliphatic rings. The first kappa shape index (κ1) is 9.21. The summed E-state index contributed by atoms with van der Waals surface area (Å²) >= 11 is 5.29. The van der Waals surface area contributed by atoms with Gasteiger partial charge in [0.25, 0.3) is 0 Å². The minimum atomic E-state index is -0.554. The van der Waals surface area contributed by atoms with Crippen molar-refractivity contribution in [3.8, 4) is 0 Å². The predicted molar refractivity (Wildman–Crippen MR) is 37.6 cm³/mol. The summed E-state index contributed by atoms with van der Waals surface area (Å²) in [6.07, 6.45) is 0.105. The van der Waals surface area contributed by atoms with E-state index >= 15 is 0 Å². The zero-order valence-corrected chi connectivity index (χ0v) is 6.30. The van der Waals surface area contributed by atoms with E-state index in [4.69, 9.17) is 21.8 Å². The second kappa shape index (κ2) is 5.03. The Bertz CT molecular complexity index is 60.1. The van der Waals surface area contributed by atoms with Gasteiger partial charge in [0.15, 0.2) is 0 Å². The number of aliphatic hydroxyl groups is 2. The van der Waals surface area contributed by atoms with Gasteiger partial charge in [-0.15, -0.1) is 11.6 Å². The van der Waals surface area contributed by atoms with Crippen LogP contribution in [-0.2, 0) is 0 Å². The predicted octanol–water partition coefficient (Wildman–Crippen LogP) is 0.747. The first-order chi connectivity index (χ1) is 4.20. The molecule has 0 amide bonds. The molecule has 0 aromatic heterocycles. The van der Waals surface area contributed by atoms with Gasteiger partial charge < -0.3 is 10.2 Å². The van der Waals surface area contributed by atoms with E-state index in [0.717, 1.165) is 0 Å². The largest absolute Gasteiger partial charge is 0.393 e. The zero-order valence-electron chi connectivity index (χ0n) is 5.55. The molecule has 9 heavy (non-hydrogen) atoms. The van der Waals surface area contributed by atoms with Crippen LogP contribution in [0.5, 0.6) is 0 Å². The molecule has 0 rings (SSSR count). The standard InChI is InChI=1S/C6H13ClO2/c1-2-5(8)3-6(9)4-7/h5-6,8-9H,2-4H2,1H3/t5-,6-/m0/s1. The van der Waals surface area contributed by atoms with E-state index in [0.29, 0.717) is 12.8 Å². The highest BCUT2D eigenvalue weighted by Gasteiger charge is 2.07. The average Bonchev–Trinajstić information content (AvgIpc) is 1.87. The maximum Gasteiger partial charge on any atom is 0.0700 e. The van der Waals surface area contributed by atoms with Crippen LogP contribution in [0.2, 0.25) is 0 Å². The Morgan fingerprint density at radius 2 is 1.89 bits per heavy atom. The van der Waals surface area contributed by atoms with E-state index in [2.05, 4.69) is 0 Å². The molecule has 2 nitrogen and oxygen atoms in total. The SMILES string of the molecule is CC[C@H](O)C[C@H](O)CCl. The number of aliphatic hydroxyl groups excluding tert-OH is 2. The van der Waals surface area contributed by atoms with Gasteiger partial charge in [0.2, 0.25) is 0 Å². The lowest BCUT2D eigenvalue weighted by Crippen LogP contribution is -2.17. The quantitative estimate of drug-likeness (QED) is 0.584. The van der Waals surface area contributed by atoms with Gasteiger partial charge in [0, 0.05) is 12.3 Å². The third kappa shape index (κ3) is 4.70. The minimum Gasteiger partial charge on any atom is -0.393 e. The fourth-order valence-electron chi connectivity index (χ4n) is 0.544. The molecule has 0 spiro atoms. The van der Waals surface area contributed by atoms with Crippen molar-refractivity contribution in [3.05, 3.63) is 0 Å². The fraction of sp³-hybridized carbons (Fsp3) is 1.00. The lowest BCUT2D eigenvalue weighted by atomic mass is 10.1. The summed E-state index contributed by atoms with van der Waals surface area (Å²) in [6.45, 7) is 1.87. The van der Waals surface area contributed by atoms with Crippen molar-refractivity contribution < 1.29 is 10.2 Å². The molecule has 0 saturated carbocycles. The Balaban J connectivity index is 3.22. The zero-order chi connectivity index (χ0) is 7.28. The molecule has 0 aliphatic carbocycles. The molecular formula is C6H13ClO2. The molecule has 0 unspecified atom stereocenters. The number of rotatable bonds is 4. The summed E-state index contributed by atoms with van der Waals surface area (Å²) in [5, 5.41) is 17.8. The molecule has 0 aliphatic heterocycles. The second-order valence-corrected chi connectivity index (χ2v) is 2.41. The van der Waals surface area contributed by atoms with Gasteiger partial charge in [0.1, 0.15) is 0 Å². The van der Waals surface area contributed by atoms with Gasteiger partial charge in [-0.1, -0.05) is 6.92 Å². The van der Waals surface area contributed by atoms with Gasteiger partial charge >= 0.3 is 0 Å². The minimum absolute atomic E-state index is 0.205. The molecule has 2 N–H and O–H groups in total. The molecule has 0 fully saturated rings. The number of hydrogen-bond acceptors (Lipinski definition) is 2. The van der Waals surface area contributed by atoms with Crippen LogP contribution in [0.1, 0.15) is 19.8 Å². The van der Waals surface area contributed by atoms with Gasteiger partial charge in [-0.25, -0.2) is 0 Å². The normalized spacial score (nSPS) is 17.3. The molecule has 0 heterocycles. The van der Waals surface area contributed by atoms with Crippen molar-refractivity contribution in [2.45, 2.75) is 32.0 Å². The van der Waals surface area contributed by atoms with Crippen LogP contribution in [-0.4, -0.2) is 28.3 Å². The highest BCUT2D eigenvalue weighted by molar-refractivity contribution is 6.18. The fourth-order valence-corrected chi connectivity index (χ4v) is 0.670. The third-order valence-corrected chi connectivity index (χ3v) is 1.55. The van der Waals surface area contributed by atoms with Crippen LogP contribution < -0.4 is 0 Å². The van der Waals surface area contributed by atoms with Crippen LogP contribution >= 0.6 is 11.6 Å². The molecule has 56 valence electrons. The summed E-state index contributed by atoms with van der Waals surface area (Å²) in [5.41, 5.74) is 0. The van der Waals surface area contributed by atoms with E-state index in [1.54, 1.807) is 0 Å². The van der Waals surface area contributed by atoms with Crippen molar-refractivity contribution >= 4 is 11.6 Å². The Labute approximate surface area is 60.5 Å². The lowest BCUT2D eigenvalue weighted by molar-refractivity contribution is 0.0899. The molecule has 0 saturated heterocycles. The molecule has 2 atom stereocenters. The molecule has 0 aromatic carbocycles. The summed E-state index contributed by atoms with van der Waals surface area (Å²) in [7, 11) is 0. The Morgan fingerprint density at radius 3 is 2.22 bits per heavy atom. The second-order valence-electron chi connectivity index (χ2n) is 2.11. The topological polar surface area (TPSA) is 40.5 Å². The smallest absolute Gasteiger partial charge is 0.0700 e. The van der Waals surface area contributed by atoms with Gasteiger partial charge in [-0.05, 0) is 6.42 Å². The Morgan fingerprint density at radius 1 is 1.33 bits per heavy atom. The van der Waals surface area contributed by atoms with Crippen molar-refractivity contribution in [1.82, 2.24) is 0 Å². The molecule has 0 radical (unpaired) electrons. The number of hydrogen-bond donors (Lipinski definition) is 2. The summed E-state index contributed by atoms with van der Waals surface area (Å²) in [4.78, 5) is 0. The van der Waals surface area contributed by atoms with E-state index in [1.165, 1.54) is 0 Å². The molecule has 0 aromatic rings. The van der Waals surface area contributed by atoms with E-state index in [9.17, 15) is 0 Å². The third-order valence-electron chi connectivity index (χ3n) is 1.19. The number of alkyl halides is 1. The van der Waals surface area contributed by atoms with Crippen molar-refractivity contribution in [2.24, 2.45) is 0 Å². The van der Waals surface area contributed by atoms with Crippen molar-refractivity contribution in [1.29, 1.82) is 0 Å². The molecule has 0 bridgehead atoms. The summed E-state index contributed by atoms with van der Waals surface area (Å²) in [6, 6.07) is 0. The maximum atomic E-state index is 8.94. The van der Waals surface area contributed by atoms with Gasteiger partial charge in [0.05, 0.1) is 12.2 Å². The van der Waals surface area contributed by atoms with Crippen LogP contribution in [0, 0.1) is 0 Å². The van der Waals surface area contributed by atoms with E-state index in [1.807, 2.05) is 6.92 Å². The lowest BCUT2D eigenvalue weighted by Gasteiger charge is -2.10. The van der Waals surface area contributed by atoms with Crippen LogP contribution in [0.25, 0.3) is 0 Å². The molecule has 3 heteroatoms. The van der Waals surface area contributed by atoms with Crippen LogP contribution in [0.4, 0.5) is 0 Å². The van der Waals surface area contributed by atoms with Crippen molar-refractivity contribution in [3.63, 3.8) is 0 Å². The average molecular weight is 153 g/mol. The van der Waals surface area contributed by atoms with Crippen LogP contribution in [0.15, 0.2) is 0 Å². The van der Waals surface area contributed by atoms with E-state index in [-0.39, 0.29) is 5.88 Å². The number of halogens is 1. The van der Waals surface area contributed by atoms with Crippen LogP contribution in [0.3, 0.4) is 0 Å². The monoisotopic (exact) mass is 152 g/mol. The first-order valence-corrected chi connectivity index (χ1v) is 3.66. The first-order valence-electron chi connectivity index (χ1n) is 3.12.